The first-order valence-electron chi connectivity index (χ1n) is 14.6. The molecule has 0 spiro atoms. The molecule has 0 amide bonds. The molecule has 1 aliphatic heterocycles. The van der Waals surface area contributed by atoms with Gasteiger partial charge in [0.1, 0.15) is 22.7 Å². The molecule has 7 rings (SSSR count). The molecule has 3 aliphatic rings. The highest BCUT2D eigenvalue weighted by Gasteiger charge is 2.47. The molecule has 2 aromatic heterocycles. The molecule has 0 radical (unpaired) electrons. The molecule has 2 aliphatic carbocycles. The van der Waals surface area contributed by atoms with Crippen LogP contribution < -0.4 is 9.64 Å². The topological polar surface area (TPSA) is 86.9 Å². The maximum Gasteiger partial charge on any atom is 0.338 e. The van der Waals surface area contributed by atoms with E-state index in [1.54, 1.807) is 24.5 Å². The van der Waals surface area contributed by atoms with Crippen LogP contribution in [0.3, 0.4) is 0 Å². The van der Waals surface area contributed by atoms with E-state index >= 15 is 0 Å². The number of benzene rings is 2. The fourth-order valence-electron chi connectivity index (χ4n) is 6.74. The number of hydrogen-bond acceptors (Lipinski definition) is 9. The van der Waals surface area contributed by atoms with E-state index in [4.69, 9.17) is 46.9 Å². The minimum atomic E-state index is -0.390. The average molecular weight is 643 g/mol. The minimum Gasteiger partial charge on any atom is -0.494 e. The van der Waals surface area contributed by atoms with Gasteiger partial charge in [0, 0.05) is 30.1 Å². The molecule has 226 valence electrons. The number of hydrogen-bond donors (Lipinski definition) is 0. The first kappa shape index (κ1) is 28.9. The Kier molecular flexibility index (Phi) is 7.56. The predicted octanol–water partition coefficient (Wildman–Crippen LogP) is 8.14. The molecule has 3 fully saturated rings. The molecule has 8 nitrogen and oxygen atoms in total. The van der Waals surface area contributed by atoms with E-state index in [0.29, 0.717) is 51.1 Å². The predicted molar refractivity (Wildman–Crippen MR) is 168 cm³/mol. The van der Waals surface area contributed by atoms with Gasteiger partial charge in [-0.2, -0.15) is 0 Å². The Morgan fingerprint density at radius 2 is 1.98 bits per heavy atom. The van der Waals surface area contributed by atoms with Crippen molar-refractivity contribution in [3.05, 3.63) is 57.3 Å². The fraction of sp³-hybridized carbons (Fsp3) is 0.469. The molecule has 43 heavy (non-hydrogen) atoms. The van der Waals surface area contributed by atoms with Gasteiger partial charge in [0.05, 0.1) is 47.2 Å². The second-order valence-electron chi connectivity index (χ2n) is 12.2. The lowest BCUT2D eigenvalue weighted by Gasteiger charge is -2.38. The summed E-state index contributed by atoms with van der Waals surface area (Å²) in [5.41, 5.74) is 3.76. The summed E-state index contributed by atoms with van der Waals surface area (Å²) in [5.74, 6) is 1.94. The van der Waals surface area contributed by atoms with Crippen molar-refractivity contribution in [1.82, 2.24) is 10.1 Å². The van der Waals surface area contributed by atoms with E-state index < -0.39 is 5.97 Å². The van der Waals surface area contributed by atoms with Gasteiger partial charge in [0.15, 0.2) is 5.13 Å². The minimum absolute atomic E-state index is 0.132. The third-order valence-corrected chi connectivity index (χ3v) is 11.0. The van der Waals surface area contributed by atoms with Gasteiger partial charge in [0.2, 0.25) is 0 Å². The van der Waals surface area contributed by atoms with Crippen LogP contribution >= 0.6 is 34.5 Å². The summed E-state index contributed by atoms with van der Waals surface area (Å²) in [6, 6.07) is 9.02. The van der Waals surface area contributed by atoms with E-state index in [1.807, 2.05) is 24.3 Å². The number of rotatable bonds is 8. The largest absolute Gasteiger partial charge is 0.494 e. The van der Waals surface area contributed by atoms with Crippen LogP contribution in [0.4, 0.5) is 5.13 Å². The van der Waals surface area contributed by atoms with Crippen molar-refractivity contribution in [3.8, 4) is 17.0 Å². The zero-order valence-electron chi connectivity index (χ0n) is 24.3. The van der Waals surface area contributed by atoms with Crippen LogP contribution in [0.2, 0.25) is 10.0 Å². The number of methoxy groups -OCH3 is 2. The third kappa shape index (κ3) is 5.28. The van der Waals surface area contributed by atoms with Gasteiger partial charge in [-0.05, 0) is 67.7 Å². The lowest BCUT2D eigenvalue weighted by molar-refractivity contribution is -0.0243. The second-order valence-corrected chi connectivity index (χ2v) is 14.0. The van der Waals surface area contributed by atoms with Crippen molar-refractivity contribution in [2.75, 3.05) is 32.2 Å². The van der Waals surface area contributed by atoms with Crippen LogP contribution in [0, 0.1) is 11.3 Å². The lowest BCUT2D eigenvalue weighted by atomic mass is 9.69. The van der Waals surface area contributed by atoms with Gasteiger partial charge in [-0.3, -0.25) is 0 Å². The summed E-state index contributed by atoms with van der Waals surface area (Å²) < 4.78 is 23.9. The van der Waals surface area contributed by atoms with Crippen molar-refractivity contribution < 1.29 is 23.5 Å². The Morgan fingerprint density at radius 3 is 2.70 bits per heavy atom. The molecule has 2 aromatic carbocycles. The molecule has 3 atom stereocenters. The molecule has 0 unspecified atom stereocenters. The molecule has 0 N–H and O–H groups in total. The molecule has 2 saturated carbocycles. The number of esters is 1. The van der Waals surface area contributed by atoms with E-state index in [0.717, 1.165) is 71.9 Å². The molecule has 0 bridgehead atoms. The average Bonchev–Trinajstić information content (AvgIpc) is 3.45. The van der Waals surface area contributed by atoms with Crippen molar-refractivity contribution in [2.24, 2.45) is 11.3 Å². The van der Waals surface area contributed by atoms with Crippen molar-refractivity contribution in [2.45, 2.75) is 57.7 Å². The maximum absolute atomic E-state index is 12.2. The molecule has 1 saturated heterocycles. The number of aromatic nitrogens is 2. The quantitative estimate of drug-likeness (QED) is 0.178. The van der Waals surface area contributed by atoms with E-state index in [-0.39, 0.29) is 11.5 Å². The smallest absolute Gasteiger partial charge is 0.338 e. The number of carbonyl (C=O) groups is 1. The number of thiazole rings is 1. The van der Waals surface area contributed by atoms with E-state index in [2.05, 4.69) is 17.0 Å². The van der Waals surface area contributed by atoms with Crippen molar-refractivity contribution in [3.63, 3.8) is 0 Å². The Balaban J connectivity index is 1.08. The van der Waals surface area contributed by atoms with E-state index in [1.165, 1.54) is 7.11 Å². The Morgan fingerprint density at radius 1 is 1.19 bits per heavy atom. The lowest BCUT2D eigenvalue weighted by Crippen LogP contribution is -2.36. The van der Waals surface area contributed by atoms with Crippen LogP contribution in [0.25, 0.3) is 21.5 Å². The summed E-state index contributed by atoms with van der Waals surface area (Å²) in [6.45, 7) is 4.65. The van der Waals surface area contributed by atoms with Crippen LogP contribution in [0.5, 0.6) is 5.75 Å². The zero-order valence-corrected chi connectivity index (χ0v) is 26.7. The fourth-order valence-corrected chi connectivity index (χ4v) is 8.35. The van der Waals surface area contributed by atoms with Crippen molar-refractivity contribution >= 4 is 55.9 Å². The van der Waals surface area contributed by atoms with E-state index in [9.17, 15) is 4.79 Å². The monoisotopic (exact) mass is 641 g/mol. The Labute approximate surface area is 264 Å². The highest BCUT2D eigenvalue weighted by Crippen LogP contribution is 2.50. The number of anilines is 1. The molecule has 11 heteroatoms. The van der Waals surface area contributed by atoms with Crippen molar-refractivity contribution in [1.29, 1.82) is 0 Å². The van der Waals surface area contributed by atoms with Gasteiger partial charge >= 0.3 is 5.97 Å². The van der Waals surface area contributed by atoms with Crippen LogP contribution in [-0.4, -0.2) is 49.5 Å². The number of fused-ring (bicyclic) bond motifs is 2. The number of carbonyl (C=O) groups excluding carboxylic acids is 1. The first-order valence-corrected chi connectivity index (χ1v) is 16.2. The summed E-state index contributed by atoms with van der Waals surface area (Å²) in [6.07, 6.45) is 5.36. The zero-order chi connectivity index (χ0) is 29.9. The van der Waals surface area contributed by atoms with Crippen LogP contribution in [0.1, 0.15) is 66.6 Å². The van der Waals surface area contributed by atoms with Gasteiger partial charge in [-0.15, -0.1) is 0 Å². The highest BCUT2D eigenvalue weighted by atomic mass is 35.5. The maximum atomic E-state index is 12.2. The van der Waals surface area contributed by atoms with Crippen LogP contribution in [-0.2, 0) is 16.1 Å². The third-order valence-electron chi connectivity index (χ3n) is 9.35. The summed E-state index contributed by atoms with van der Waals surface area (Å²) in [7, 11) is 2.98. The highest BCUT2D eigenvalue weighted by molar-refractivity contribution is 7.22. The number of nitrogens with zero attached hydrogens (tertiary/aromatic N) is 3. The molecule has 3 heterocycles. The Hall–Kier alpha value is -2.85. The molecular weight excluding hydrogens is 609 g/mol. The van der Waals surface area contributed by atoms with Gasteiger partial charge in [-0.1, -0.05) is 52.7 Å². The summed E-state index contributed by atoms with van der Waals surface area (Å²) in [4.78, 5) is 19.5. The normalized spacial score (nSPS) is 23.5. The van der Waals surface area contributed by atoms with Gasteiger partial charge < -0.3 is 23.6 Å². The van der Waals surface area contributed by atoms with Gasteiger partial charge in [0.25, 0.3) is 0 Å². The summed E-state index contributed by atoms with van der Waals surface area (Å²) >= 11 is 14.7. The Bertz CT molecular complexity index is 1680. The van der Waals surface area contributed by atoms with Crippen LogP contribution in [0.15, 0.2) is 34.9 Å². The summed E-state index contributed by atoms with van der Waals surface area (Å²) in [5, 5.41) is 6.47. The number of ether oxygens (including phenoxy) is 3. The van der Waals surface area contributed by atoms with Gasteiger partial charge in [-0.25, -0.2) is 9.78 Å². The second kappa shape index (κ2) is 11.3. The standard InChI is InChI=1S/C32H33Cl2N3O5S/c1-32-10-9-20(41-15-21-27(36-42-29(21)17-7-8-17)26-22(33)5-4-6-23(26)34)13-19(32)14-37(16-32)31-35-28-24(39-2)11-18(30(38)40-3)12-25(28)43-31/h4-6,11-12,17,19-20H,7-10,13-16H2,1-3H3/t19-,20-,32+/m1/s1. The molecular formula is C32H33Cl2N3O5S. The number of halogens is 2. The first-order chi connectivity index (χ1) is 20.8. The SMILES string of the molecule is COC(=O)c1cc(OC)c2nc(N3C[C@H]4C[C@H](OCc5c(-c6c(Cl)cccc6Cl)noc5C5CC5)CC[C@@]4(C)C3)sc2c1. The molecule has 4 aromatic rings.